The minimum Gasteiger partial charge on any atom is -0.496 e. The van der Waals surface area contributed by atoms with E-state index in [0.717, 1.165) is 5.56 Å². The van der Waals surface area contributed by atoms with Crippen LogP contribution in [0.25, 0.3) is 0 Å². The molecule has 27 heavy (non-hydrogen) atoms. The molecule has 0 saturated heterocycles. The molecule has 0 aromatic heterocycles. The molecule has 0 fully saturated rings. The van der Waals surface area contributed by atoms with E-state index in [2.05, 4.69) is 5.32 Å². The van der Waals surface area contributed by atoms with E-state index in [-0.39, 0.29) is 24.0 Å². The van der Waals surface area contributed by atoms with Crippen LogP contribution in [-0.4, -0.2) is 43.7 Å². The first kappa shape index (κ1) is 20.2. The summed E-state index contributed by atoms with van der Waals surface area (Å²) < 4.78 is 5.31. The van der Waals surface area contributed by atoms with Crippen molar-refractivity contribution in [3.63, 3.8) is 0 Å². The highest BCUT2D eigenvalue weighted by Crippen LogP contribution is 2.21. The molecule has 0 radical (unpaired) electrons. The summed E-state index contributed by atoms with van der Waals surface area (Å²) >= 11 is 0. The van der Waals surface area contributed by atoms with E-state index in [0.29, 0.717) is 29.0 Å². The summed E-state index contributed by atoms with van der Waals surface area (Å²) in [4.78, 5) is 37.4. The Morgan fingerprint density at radius 2 is 1.67 bits per heavy atom. The predicted molar refractivity (Wildman–Crippen MR) is 103 cm³/mol. The molecule has 0 spiro atoms. The lowest BCUT2D eigenvalue weighted by Crippen LogP contribution is -2.28. The molecular formula is C21H24N2O4. The topological polar surface area (TPSA) is 75.7 Å². The largest absolute Gasteiger partial charge is 0.496 e. The summed E-state index contributed by atoms with van der Waals surface area (Å²) in [5, 5.41) is 2.57. The molecule has 2 aromatic carbocycles. The van der Waals surface area contributed by atoms with Crippen molar-refractivity contribution in [1.82, 2.24) is 10.2 Å². The lowest BCUT2D eigenvalue weighted by Gasteiger charge is -2.18. The Labute approximate surface area is 159 Å². The van der Waals surface area contributed by atoms with Crippen molar-refractivity contribution >= 4 is 17.6 Å². The maximum absolute atomic E-state index is 12.6. The van der Waals surface area contributed by atoms with Crippen molar-refractivity contribution in [2.45, 2.75) is 19.9 Å². The molecule has 0 aliphatic carbocycles. The van der Waals surface area contributed by atoms with Crippen LogP contribution in [0.3, 0.4) is 0 Å². The van der Waals surface area contributed by atoms with E-state index < -0.39 is 0 Å². The van der Waals surface area contributed by atoms with Crippen LogP contribution in [0.2, 0.25) is 0 Å². The highest BCUT2D eigenvalue weighted by Gasteiger charge is 2.15. The first-order valence-corrected chi connectivity index (χ1v) is 8.58. The number of hydrogen-bond donors (Lipinski definition) is 1. The molecular weight excluding hydrogens is 344 g/mol. The normalized spacial score (nSPS) is 10.2. The average molecular weight is 368 g/mol. The second kappa shape index (κ2) is 8.98. The Hall–Kier alpha value is -3.15. The zero-order valence-corrected chi connectivity index (χ0v) is 16.0. The van der Waals surface area contributed by atoms with Gasteiger partial charge in [-0.15, -0.1) is 0 Å². The lowest BCUT2D eigenvalue weighted by molar-refractivity contribution is -0.129. The number of hydrogen-bond acceptors (Lipinski definition) is 4. The maximum Gasteiger partial charge on any atom is 0.251 e. The number of nitrogens with one attached hydrogen (secondary N) is 1. The number of benzene rings is 2. The number of amides is 2. The van der Waals surface area contributed by atoms with Crippen LogP contribution < -0.4 is 10.1 Å². The third-order valence-corrected chi connectivity index (χ3v) is 4.32. The van der Waals surface area contributed by atoms with E-state index >= 15 is 0 Å². The van der Waals surface area contributed by atoms with Crippen molar-refractivity contribution in [1.29, 1.82) is 0 Å². The number of carbonyl (C=O) groups is 3. The van der Waals surface area contributed by atoms with Crippen LogP contribution in [0.15, 0.2) is 42.5 Å². The Balaban J connectivity index is 2.08. The van der Waals surface area contributed by atoms with Crippen LogP contribution in [-0.2, 0) is 17.8 Å². The van der Waals surface area contributed by atoms with Gasteiger partial charge in [-0.3, -0.25) is 14.4 Å². The van der Waals surface area contributed by atoms with Crippen LogP contribution in [0.1, 0.15) is 38.8 Å². The molecule has 6 nitrogen and oxygen atoms in total. The fourth-order valence-electron chi connectivity index (χ4n) is 2.70. The minimum absolute atomic E-state index is 0.0593. The summed E-state index contributed by atoms with van der Waals surface area (Å²) in [6, 6.07) is 12.2. The van der Waals surface area contributed by atoms with Crippen LogP contribution in [0.5, 0.6) is 5.75 Å². The van der Waals surface area contributed by atoms with Gasteiger partial charge in [0, 0.05) is 37.3 Å². The summed E-state index contributed by atoms with van der Waals surface area (Å²) in [7, 11) is 4.84. The minimum atomic E-state index is -0.150. The number of likely N-dealkylation sites (N-methyl/N-ethyl adjacent to an activating group) is 1. The molecule has 142 valence electrons. The number of nitrogens with zero attached hydrogens (tertiary/aromatic N) is 1. The van der Waals surface area contributed by atoms with E-state index in [1.165, 1.54) is 14.0 Å². The Morgan fingerprint density at radius 3 is 2.22 bits per heavy atom. The van der Waals surface area contributed by atoms with Gasteiger partial charge in [0.2, 0.25) is 5.91 Å². The SMILES string of the molecule is CNC(=O)c1ccc(CN(C)C(=O)Cc2cc(C(C)=O)ccc2OC)cc1. The standard InChI is InChI=1S/C21H24N2O4/c1-14(24)17-9-10-19(27-4)18(11-17)12-20(25)23(3)13-15-5-7-16(8-6-15)21(26)22-2/h5-11H,12-13H2,1-4H3,(H,22,26). The first-order valence-electron chi connectivity index (χ1n) is 8.58. The lowest BCUT2D eigenvalue weighted by atomic mass is 10.0. The highest BCUT2D eigenvalue weighted by molar-refractivity contribution is 5.95. The average Bonchev–Trinajstić information content (AvgIpc) is 2.67. The Kier molecular flexibility index (Phi) is 6.71. The van der Waals surface area contributed by atoms with Gasteiger partial charge in [0.1, 0.15) is 5.75 Å². The van der Waals surface area contributed by atoms with Crippen LogP contribution in [0.4, 0.5) is 0 Å². The van der Waals surface area contributed by atoms with E-state index in [1.807, 2.05) is 12.1 Å². The van der Waals surface area contributed by atoms with Gasteiger partial charge in [-0.1, -0.05) is 12.1 Å². The molecule has 0 aliphatic rings. The maximum atomic E-state index is 12.6. The molecule has 0 heterocycles. The third kappa shape index (κ3) is 5.17. The van der Waals surface area contributed by atoms with Gasteiger partial charge in [-0.05, 0) is 42.8 Å². The monoisotopic (exact) mass is 368 g/mol. The van der Waals surface area contributed by atoms with Gasteiger partial charge >= 0.3 is 0 Å². The number of ether oxygens (including phenoxy) is 1. The summed E-state index contributed by atoms with van der Waals surface area (Å²) in [5.41, 5.74) is 2.71. The van der Waals surface area contributed by atoms with Crippen molar-refractivity contribution in [3.05, 3.63) is 64.7 Å². The van der Waals surface area contributed by atoms with Gasteiger partial charge in [0.15, 0.2) is 5.78 Å². The predicted octanol–water partition coefficient (Wildman–Crippen LogP) is 2.46. The van der Waals surface area contributed by atoms with E-state index in [4.69, 9.17) is 4.74 Å². The molecule has 2 rings (SSSR count). The van der Waals surface area contributed by atoms with Crippen molar-refractivity contribution in [2.75, 3.05) is 21.2 Å². The number of methoxy groups -OCH3 is 1. The van der Waals surface area contributed by atoms with E-state index in [9.17, 15) is 14.4 Å². The molecule has 0 unspecified atom stereocenters. The zero-order chi connectivity index (χ0) is 20.0. The number of carbonyl (C=O) groups excluding carboxylic acids is 3. The first-order chi connectivity index (χ1) is 12.8. The van der Waals surface area contributed by atoms with Crippen molar-refractivity contribution < 1.29 is 19.1 Å². The van der Waals surface area contributed by atoms with E-state index in [1.54, 1.807) is 49.3 Å². The molecule has 0 saturated carbocycles. The molecule has 0 bridgehead atoms. The van der Waals surface area contributed by atoms with Crippen LogP contribution in [0, 0.1) is 0 Å². The summed E-state index contributed by atoms with van der Waals surface area (Å²) in [6.07, 6.45) is 0.136. The van der Waals surface area contributed by atoms with Gasteiger partial charge in [0.05, 0.1) is 13.5 Å². The quantitative estimate of drug-likeness (QED) is 0.762. The number of Topliss-reactive ketones (excluding diaryl/α,β-unsaturated/α-hetero) is 1. The van der Waals surface area contributed by atoms with Gasteiger partial charge < -0.3 is 15.0 Å². The van der Waals surface area contributed by atoms with Gasteiger partial charge in [-0.25, -0.2) is 0 Å². The zero-order valence-electron chi connectivity index (χ0n) is 16.0. The van der Waals surface area contributed by atoms with Crippen molar-refractivity contribution in [2.24, 2.45) is 0 Å². The second-order valence-electron chi connectivity index (χ2n) is 6.29. The third-order valence-electron chi connectivity index (χ3n) is 4.32. The number of ketones is 1. The van der Waals surface area contributed by atoms with Gasteiger partial charge in [0.25, 0.3) is 5.91 Å². The Morgan fingerprint density at radius 1 is 1.04 bits per heavy atom. The summed E-state index contributed by atoms with van der Waals surface area (Å²) in [5.74, 6) is 0.278. The number of rotatable bonds is 7. The van der Waals surface area contributed by atoms with Crippen molar-refractivity contribution in [3.8, 4) is 5.75 Å². The Bertz CT molecular complexity index is 844. The fourth-order valence-corrected chi connectivity index (χ4v) is 2.70. The summed E-state index contributed by atoms with van der Waals surface area (Å²) in [6.45, 7) is 1.91. The molecule has 2 amide bonds. The molecule has 0 aliphatic heterocycles. The van der Waals surface area contributed by atoms with Gasteiger partial charge in [-0.2, -0.15) is 0 Å². The van der Waals surface area contributed by atoms with Crippen LogP contribution >= 0.6 is 0 Å². The highest BCUT2D eigenvalue weighted by atomic mass is 16.5. The smallest absolute Gasteiger partial charge is 0.251 e. The molecule has 2 aromatic rings. The molecule has 0 atom stereocenters. The fraction of sp³-hybridized carbons (Fsp3) is 0.286. The molecule has 6 heteroatoms. The molecule has 1 N–H and O–H groups in total. The second-order valence-corrected chi connectivity index (χ2v) is 6.29.